The Bertz CT molecular complexity index is 619. The third-order valence-corrected chi connectivity index (χ3v) is 5.07. The Morgan fingerprint density at radius 3 is 2.19 bits per heavy atom. The van der Waals surface area contributed by atoms with Crippen LogP contribution in [-0.2, 0) is 0 Å². The van der Waals surface area contributed by atoms with Crippen LogP contribution in [0.4, 0.5) is 0 Å². The van der Waals surface area contributed by atoms with Gasteiger partial charge >= 0.3 is 0 Å². The van der Waals surface area contributed by atoms with Crippen LogP contribution in [0.25, 0.3) is 11.1 Å². The zero-order chi connectivity index (χ0) is 18.6. The van der Waals surface area contributed by atoms with Crippen molar-refractivity contribution >= 4 is 0 Å². The zero-order valence-electron chi connectivity index (χ0n) is 16.8. The molecule has 0 spiro atoms. The fourth-order valence-electron chi connectivity index (χ4n) is 3.26. The normalized spacial score (nSPS) is 11.1. The maximum Gasteiger partial charge on any atom is 0.122 e. The lowest BCUT2D eigenvalue weighted by Gasteiger charge is -2.17. The van der Waals surface area contributed by atoms with Crippen LogP contribution in [0, 0.1) is 6.92 Å². The van der Waals surface area contributed by atoms with Crippen LogP contribution in [0.3, 0.4) is 0 Å². The van der Waals surface area contributed by atoms with Crippen molar-refractivity contribution in [3.05, 3.63) is 54.1 Å². The molecule has 0 atom stereocenters. The summed E-state index contributed by atoms with van der Waals surface area (Å²) in [6.45, 7) is 11.0. The molecule has 0 fully saturated rings. The summed E-state index contributed by atoms with van der Waals surface area (Å²) in [4.78, 5) is 2.51. The van der Waals surface area contributed by atoms with Gasteiger partial charge in [-0.1, -0.05) is 75.6 Å². The predicted molar refractivity (Wildman–Crippen MR) is 113 cm³/mol. The maximum absolute atomic E-state index is 6.07. The Balaban J connectivity index is 1.68. The van der Waals surface area contributed by atoms with E-state index in [1.54, 1.807) is 0 Å². The van der Waals surface area contributed by atoms with Crippen LogP contribution >= 0.6 is 0 Å². The summed E-state index contributed by atoms with van der Waals surface area (Å²) in [5.74, 6) is 1.02. The average molecular weight is 354 g/mol. The zero-order valence-corrected chi connectivity index (χ0v) is 16.8. The second kappa shape index (κ2) is 11.7. The van der Waals surface area contributed by atoms with Crippen molar-refractivity contribution in [2.75, 3.05) is 26.2 Å². The first-order valence-electron chi connectivity index (χ1n) is 10.3. The van der Waals surface area contributed by atoms with Crippen molar-refractivity contribution in [1.82, 2.24) is 4.90 Å². The number of rotatable bonds is 12. The summed E-state index contributed by atoms with van der Waals surface area (Å²) in [6, 6.07) is 17.0. The van der Waals surface area contributed by atoms with Crippen LogP contribution in [0.5, 0.6) is 5.75 Å². The largest absolute Gasteiger partial charge is 0.493 e. The third-order valence-electron chi connectivity index (χ3n) is 5.07. The maximum atomic E-state index is 6.07. The minimum absolute atomic E-state index is 0.815. The lowest BCUT2D eigenvalue weighted by molar-refractivity contribution is 0.289. The highest BCUT2D eigenvalue weighted by Crippen LogP contribution is 2.27. The number of hydrogen-bond donors (Lipinski definition) is 0. The van der Waals surface area contributed by atoms with Gasteiger partial charge in [0.2, 0.25) is 0 Å². The van der Waals surface area contributed by atoms with Gasteiger partial charge in [-0.05, 0) is 62.2 Å². The van der Waals surface area contributed by atoms with Gasteiger partial charge in [0, 0.05) is 0 Å². The van der Waals surface area contributed by atoms with Crippen molar-refractivity contribution in [3.63, 3.8) is 0 Å². The molecule has 0 amide bonds. The van der Waals surface area contributed by atoms with Gasteiger partial charge in [0.15, 0.2) is 0 Å². The van der Waals surface area contributed by atoms with Crippen molar-refractivity contribution < 1.29 is 4.74 Å². The first-order chi connectivity index (χ1) is 12.7. The van der Waals surface area contributed by atoms with Crippen LogP contribution in [0.1, 0.15) is 51.5 Å². The molecule has 2 aromatic rings. The molecule has 142 valence electrons. The predicted octanol–water partition coefficient (Wildman–Crippen LogP) is 6.33. The van der Waals surface area contributed by atoms with E-state index in [2.05, 4.69) is 74.2 Å². The van der Waals surface area contributed by atoms with Crippen LogP contribution in [-0.4, -0.2) is 31.1 Å². The summed E-state index contributed by atoms with van der Waals surface area (Å²) in [5, 5.41) is 0. The smallest absolute Gasteiger partial charge is 0.122 e. The van der Waals surface area contributed by atoms with E-state index in [-0.39, 0.29) is 0 Å². The van der Waals surface area contributed by atoms with Crippen LogP contribution in [0.15, 0.2) is 48.5 Å². The van der Waals surface area contributed by atoms with Crippen molar-refractivity contribution in [3.8, 4) is 16.9 Å². The molecule has 2 aromatic carbocycles. The van der Waals surface area contributed by atoms with Gasteiger partial charge in [-0.15, -0.1) is 0 Å². The van der Waals surface area contributed by atoms with Gasteiger partial charge in [-0.25, -0.2) is 0 Å². The fourth-order valence-corrected chi connectivity index (χ4v) is 3.26. The molecule has 0 saturated heterocycles. The van der Waals surface area contributed by atoms with Gasteiger partial charge in [-0.2, -0.15) is 0 Å². The minimum Gasteiger partial charge on any atom is -0.493 e. The lowest BCUT2D eigenvalue weighted by atomic mass is 10.0. The number of nitrogens with zero attached hydrogens (tertiary/aromatic N) is 1. The number of ether oxygens (including phenoxy) is 1. The second-order valence-corrected chi connectivity index (χ2v) is 6.99. The van der Waals surface area contributed by atoms with Gasteiger partial charge in [0.1, 0.15) is 5.75 Å². The Morgan fingerprint density at radius 1 is 0.769 bits per heavy atom. The number of benzene rings is 2. The summed E-state index contributed by atoms with van der Waals surface area (Å²) in [5.41, 5.74) is 3.68. The highest BCUT2D eigenvalue weighted by Gasteiger charge is 2.04. The Labute approximate surface area is 160 Å². The molecule has 0 bridgehead atoms. The first-order valence-corrected chi connectivity index (χ1v) is 10.3. The summed E-state index contributed by atoms with van der Waals surface area (Å²) < 4.78 is 6.07. The quantitative estimate of drug-likeness (QED) is 0.413. The Kier molecular flexibility index (Phi) is 9.27. The van der Waals surface area contributed by atoms with E-state index in [1.165, 1.54) is 62.0 Å². The molecule has 0 N–H and O–H groups in total. The molecule has 0 saturated carbocycles. The molecule has 0 radical (unpaired) electrons. The number of hydrogen-bond acceptors (Lipinski definition) is 2. The van der Waals surface area contributed by atoms with Gasteiger partial charge in [0.05, 0.1) is 6.61 Å². The van der Waals surface area contributed by atoms with E-state index in [0.717, 1.165) is 18.8 Å². The Hall–Kier alpha value is -1.80. The van der Waals surface area contributed by atoms with Gasteiger partial charge in [-0.3, -0.25) is 0 Å². The summed E-state index contributed by atoms with van der Waals surface area (Å²) in [7, 11) is 0. The van der Waals surface area contributed by atoms with E-state index in [1.807, 2.05) is 0 Å². The Morgan fingerprint density at radius 2 is 1.46 bits per heavy atom. The molecule has 2 heteroatoms. The second-order valence-electron chi connectivity index (χ2n) is 6.99. The molecule has 0 aliphatic carbocycles. The lowest BCUT2D eigenvalue weighted by Crippen LogP contribution is -2.23. The van der Waals surface area contributed by atoms with E-state index in [4.69, 9.17) is 4.74 Å². The highest BCUT2D eigenvalue weighted by molar-refractivity contribution is 5.65. The molecule has 0 heterocycles. The fraction of sp³-hybridized carbons (Fsp3) is 0.500. The van der Waals surface area contributed by atoms with E-state index in [9.17, 15) is 0 Å². The number of unbranched alkanes of at least 4 members (excludes halogenated alkanes) is 4. The van der Waals surface area contributed by atoms with Crippen molar-refractivity contribution in [2.45, 2.75) is 52.9 Å². The van der Waals surface area contributed by atoms with E-state index in [0.29, 0.717) is 0 Å². The molecule has 2 nitrogen and oxygen atoms in total. The van der Waals surface area contributed by atoms with Crippen molar-refractivity contribution in [1.29, 1.82) is 0 Å². The van der Waals surface area contributed by atoms with E-state index < -0.39 is 0 Å². The molecule has 0 aliphatic heterocycles. The third kappa shape index (κ3) is 6.84. The first kappa shape index (κ1) is 20.5. The summed E-state index contributed by atoms with van der Waals surface area (Å²) in [6.07, 6.45) is 6.36. The SMILES string of the molecule is CCN(CC)CCCCCCCOc1cc(-c2ccccc2)ccc1C. The molecule has 0 unspecified atom stereocenters. The van der Waals surface area contributed by atoms with Crippen LogP contribution in [0.2, 0.25) is 0 Å². The molecule has 0 aliphatic rings. The molecular weight excluding hydrogens is 318 g/mol. The topological polar surface area (TPSA) is 12.5 Å². The monoisotopic (exact) mass is 353 g/mol. The molecule has 26 heavy (non-hydrogen) atoms. The van der Waals surface area contributed by atoms with Crippen LogP contribution < -0.4 is 4.74 Å². The summed E-state index contributed by atoms with van der Waals surface area (Å²) >= 11 is 0. The highest BCUT2D eigenvalue weighted by atomic mass is 16.5. The molecular formula is C24H35NO. The average Bonchev–Trinajstić information content (AvgIpc) is 2.69. The standard InChI is InChI=1S/C24H35NO/c1-4-25(5-2)18-12-7-6-8-13-19-26-24-20-23(17-16-21(24)3)22-14-10-9-11-15-22/h9-11,14-17,20H,4-8,12-13,18-19H2,1-3H3. The van der Waals surface area contributed by atoms with Gasteiger partial charge in [0.25, 0.3) is 0 Å². The van der Waals surface area contributed by atoms with Crippen molar-refractivity contribution in [2.24, 2.45) is 0 Å². The minimum atomic E-state index is 0.815. The van der Waals surface area contributed by atoms with E-state index >= 15 is 0 Å². The van der Waals surface area contributed by atoms with Gasteiger partial charge < -0.3 is 9.64 Å². The molecule has 0 aromatic heterocycles. The molecule has 2 rings (SSSR count). The number of aryl methyl sites for hydroxylation is 1.